The van der Waals surface area contributed by atoms with E-state index in [0.29, 0.717) is 11.8 Å². The SMILES string of the molecule is C1=CCCC(n2c(-c3cc(-c4cccnc4)cc(-c4cccc(-c5nnc(-c6cccnc6)o5)c4)c3)nc3ccccc32)=C1. The van der Waals surface area contributed by atoms with Gasteiger partial charge in [0, 0.05) is 47.2 Å². The van der Waals surface area contributed by atoms with Gasteiger partial charge in [0.1, 0.15) is 5.82 Å². The number of aromatic nitrogens is 6. The van der Waals surface area contributed by atoms with E-state index >= 15 is 0 Å². The topological polar surface area (TPSA) is 82.5 Å². The highest BCUT2D eigenvalue weighted by molar-refractivity contribution is 5.88. The van der Waals surface area contributed by atoms with Crippen molar-refractivity contribution in [1.82, 2.24) is 29.7 Å². The molecule has 1 aliphatic rings. The number of rotatable bonds is 6. The maximum Gasteiger partial charge on any atom is 0.249 e. The van der Waals surface area contributed by atoms with Crippen LogP contribution in [-0.2, 0) is 0 Å². The van der Waals surface area contributed by atoms with Crippen molar-refractivity contribution in [2.24, 2.45) is 0 Å². The summed E-state index contributed by atoms with van der Waals surface area (Å²) < 4.78 is 8.36. The lowest BCUT2D eigenvalue weighted by Gasteiger charge is -2.16. The fourth-order valence-electron chi connectivity index (χ4n) is 5.69. The number of para-hydroxylation sites is 2. The zero-order chi connectivity index (χ0) is 29.3. The summed E-state index contributed by atoms with van der Waals surface area (Å²) in [4.78, 5) is 13.7. The van der Waals surface area contributed by atoms with Gasteiger partial charge >= 0.3 is 0 Å². The van der Waals surface area contributed by atoms with E-state index in [1.165, 1.54) is 5.70 Å². The average Bonchev–Trinajstić information content (AvgIpc) is 3.76. The Kier molecular flexibility index (Phi) is 6.46. The van der Waals surface area contributed by atoms with Crippen molar-refractivity contribution in [3.8, 4) is 56.6 Å². The number of hydrogen-bond acceptors (Lipinski definition) is 6. The van der Waals surface area contributed by atoms with Crippen molar-refractivity contribution in [2.75, 3.05) is 0 Å². The molecule has 44 heavy (non-hydrogen) atoms. The minimum Gasteiger partial charge on any atom is -0.416 e. The van der Waals surface area contributed by atoms with Gasteiger partial charge in [-0.2, -0.15) is 0 Å². The fourth-order valence-corrected chi connectivity index (χ4v) is 5.69. The molecule has 7 heteroatoms. The third-order valence-corrected chi connectivity index (χ3v) is 7.80. The average molecular weight is 571 g/mol. The maximum absolute atomic E-state index is 6.05. The van der Waals surface area contributed by atoms with Crippen LogP contribution >= 0.6 is 0 Å². The van der Waals surface area contributed by atoms with Crippen molar-refractivity contribution < 1.29 is 4.42 Å². The molecule has 0 saturated heterocycles. The van der Waals surface area contributed by atoms with Gasteiger partial charge in [0.25, 0.3) is 0 Å². The molecule has 4 heterocycles. The molecule has 0 aliphatic heterocycles. The van der Waals surface area contributed by atoms with Crippen molar-refractivity contribution in [3.63, 3.8) is 0 Å². The Hall–Kier alpha value is -5.95. The zero-order valence-corrected chi connectivity index (χ0v) is 23.7. The second-order valence-electron chi connectivity index (χ2n) is 10.7. The lowest BCUT2D eigenvalue weighted by molar-refractivity contribution is 0.584. The van der Waals surface area contributed by atoms with Crippen LogP contribution in [0.25, 0.3) is 73.3 Å². The van der Waals surface area contributed by atoms with Crippen LogP contribution < -0.4 is 0 Å². The van der Waals surface area contributed by atoms with Crippen LogP contribution in [0.4, 0.5) is 0 Å². The van der Waals surface area contributed by atoms with Crippen LogP contribution in [0.1, 0.15) is 12.8 Å². The van der Waals surface area contributed by atoms with Crippen molar-refractivity contribution in [3.05, 3.63) is 134 Å². The Morgan fingerprint density at radius 2 is 1.30 bits per heavy atom. The summed E-state index contributed by atoms with van der Waals surface area (Å²) in [6.07, 6.45) is 15.6. The highest BCUT2D eigenvalue weighted by Gasteiger charge is 2.19. The molecule has 0 spiro atoms. The molecule has 0 radical (unpaired) electrons. The molecule has 7 nitrogen and oxygen atoms in total. The Bertz CT molecular complexity index is 2180. The largest absolute Gasteiger partial charge is 0.416 e. The first-order valence-corrected chi connectivity index (χ1v) is 14.5. The third kappa shape index (κ3) is 4.80. The molecule has 8 rings (SSSR count). The monoisotopic (exact) mass is 570 g/mol. The van der Waals surface area contributed by atoms with Crippen LogP contribution in [-0.4, -0.2) is 29.7 Å². The number of allylic oxidation sites excluding steroid dienone is 4. The first-order valence-electron chi connectivity index (χ1n) is 14.5. The van der Waals surface area contributed by atoms with Gasteiger partial charge < -0.3 is 4.42 Å². The lowest BCUT2D eigenvalue weighted by Crippen LogP contribution is -2.02. The van der Waals surface area contributed by atoms with E-state index in [2.05, 4.69) is 97.6 Å². The molecule has 0 bridgehead atoms. The Balaban J connectivity index is 1.28. The molecule has 0 saturated carbocycles. The molecule has 0 atom stereocenters. The molecular formula is C37H26N6O. The molecule has 7 aromatic rings. The van der Waals surface area contributed by atoms with Crippen molar-refractivity contribution in [1.29, 1.82) is 0 Å². The summed E-state index contributed by atoms with van der Waals surface area (Å²) in [6, 6.07) is 30.9. The molecule has 0 N–H and O–H groups in total. The summed E-state index contributed by atoms with van der Waals surface area (Å²) >= 11 is 0. The maximum atomic E-state index is 6.05. The third-order valence-electron chi connectivity index (χ3n) is 7.80. The highest BCUT2D eigenvalue weighted by Crippen LogP contribution is 2.37. The van der Waals surface area contributed by atoms with Gasteiger partial charge in [-0.25, -0.2) is 4.98 Å². The smallest absolute Gasteiger partial charge is 0.249 e. The number of nitrogens with zero attached hydrogens (tertiary/aromatic N) is 6. The predicted octanol–water partition coefficient (Wildman–Crippen LogP) is 8.74. The van der Waals surface area contributed by atoms with Gasteiger partial charge in [-0.15, -0.1) is 10.2 Å². The summed E-state index contributed by atoms with van der Waals surface area (Å²) in [5, 5.41) is 8.60. The zero-order valence-electron chi connectivity index (χ0n) is 23.7. The van der Waals surface area contributed by atoms with Crippen LogP contribution in [0.5, 0.6) is 0 Å². The number of imidazole rings is 1. The van der Waals surface area contributed by atoms with Crippen LogP contribution in [0.3, 0.4) is 0 Å². The number of hydrogen-bond donors (Lipinski definition) is 0. The number of benzene rings is 3. The van der Waals surface area contributed by atoms with Gasteiger partial charge in [-0.05, 0) is 96.3 Å². The number of fused-ring (bicyclic) bond motifs is 1. The molecule has 210 valence electrons. The normalized spacial score (nSPS) is 12.9. The molecule has 4 aromatic heterocycles. The minimum atomic E-state index is 0.435. The highest BCUT2D eigenvalue weighted by atomic mass is 16.4. The van der Waals surface area contributed by atoms with Crippen LogP contribution in [0, 0.1) is 0 Å². The summed E-state index contributed by atoms with van der Waals surface area (Å²) in [5.41, 5.74) is 10.1. The van der Waals surface area contributed by atoms with E-state index < -0.39 is 0 Å². The second kappa shape index (κ2) is 11.0. The van der Waals surface area contributed by atoms with E-state index in [0.717, 1.165) is 68.6 Å². The summed E-state index contributed by atoms with van der Waals surface area (Å²) in [6.45, 7) is 0. The Labute approximate surface area is 253 Å². The van der Waals surface area contributed by atoms with Crippen LogP contribution in [0.2, 0.25) is 0 Å². The van der Waals surface area contributed by atoms with Gasteiger partial charge in [0.05, 0.1) is 16.6 Å². The molecule has 0 unspecified atom stereocenters. The van der Waals surface area contributed by atoms with Crippen molar-refractivity contribution in [2.45, 2.75) is 12.8 Å². The fraction of sp³-hybridized carbons (Fsp3) is 0.0541. The predicted molar refractivity (Wildman–Crippen MR) is 173 cm³/mol. The summed E-state index contributed by atoms with van der Waals surface area (Å²) in [7, 11) is 0. The lowest BCUT2D eigenvalue weighted by atomic mass is 9.95. The Morgan fingerprint density at radius 1 is 0.614 bits per heavy atom. The quantitative estimate of drug-likeness (QED) is 0.199. The van der Waals surface area contributed by atoms with E-state index in [1.807, 2.05) is 42.6 Å². The Morgan fingerprint density at radius 3 is 2.07 bits per heavy atom. The van der Waals surface area contributed by atoms with E-state index in [4.69, 9.17) is 9.40 Å². The van der Waals surface area contributed by atoms with Crippen LogP contribution in [0.15, 0.2) is 138 Å². The van der Waals surface area contributed by atoms with Gasteiger partial charge in [-0.3, -0.25) is 14.5 Å². The first kappa shape index (κ1) is 25.7. The molecule has 0 amide bonds. The molecular weight excluding hydrogens is 544 g/mol. The molecule has 1 aliphatic carbocycles. The first-order chi connectivity index (χ1) is 21.8. The van der Waals surface area contributed by atoms with Gasteiger partial charge in [0.2, 0.25) is 11.8 Å². The second-order valence-corrected chi connectivity index (χ2v) is 10.7. The van der Waals surface area contributed by atoms with Gasteiger partial charge in [0.15, 0.2) is 0 Å². The standard InChI is InChI=1S/C37H26N6O/c1-2-13-32(14-3-1)43-34-16-5-4-15-33(34)40-35(43)31-21-29(20-30(22-31)27-11-7-17-38-23-27)25-9-6-10-26(19-25)36-41-42-37(44-36)28-12-8-18-39-24-28/h1-2,4-13,15-24H,3,14H2. The van der Waals surface area contributed by atoms with E-state index in [-0.39, 0.29) is 0 Å². The molecule has 3 aromatic carbocycles. The van der Waals surface area contributed by atoms with Crippen molar-refractivity contribution >= 4 is 16.7 Å². The summed E-state index contributed by atoms with van der Waals surface area (Å²) in [5.74, 6) is 1.80. The number of pyridine rings is 2. The van der Waals surface area contributed by atoms with E-state index in [1.54, 1.807) is 18.6 Å². The van der Waals surface area contributed by atoms with Gasteiger partial charge in [-0.1, -0.05) is 42.5 Å². The van der Waals surface area contributed by atoms with E-state index in [9.17, 15) is 0 Å². The molecule has 0 fully saturated rings. The minimum absolute atomic E-state index is 0.435.